The number of aromatic hydroxyl groups is 1. The predicted octanol–water partition coefficient (Wildman–Crippen LogP) is 4.69. The highest BCUT2D eigenvalue weighted by Crippen LogP contribution is 2.25. The lowest BCUT2D eigenvalue weighted by Crippen LogP contribution is -2.36. The molecule has 0 radical (unpaired) electrons. The summed E-state index contributed by atoms with van der Waals surface area (Å²) in [5.74, 6) is -0.542. The number of phenols is 1. The largest absolute Gasteiger partial charge is 0.508 e. The van der Waals surface area contributed by atoms with Crippen LogP contribution in [-0.2, 0) is 0 Å². The van der Waals surface area contributed by atoms with E-state index in [1.54, 1.807) is 12.1 Å². The van der Waals surface area contributed by atoms with Crippen molar-refractivity contribution in [2.75, 3.05) is 13.6 Å². The molecule has 27 heavy (non-hydrogen) atoms. The fourth-order valence-corrected chi connectivity index (χ4v) is 3.15. The standard InChI is InChI=1S/C21H26ClFN2O2/c1-13-11-17(26)6-7-18(13)15(3)25(4)10-9-14(2)24-21(27)16-5-8-20(23)19(22)12-16/h5-8,11-12,14-15,26H,9-10H2,1-4H3,(H,24,27). The summed E-state index contributed by atoms with van der Waals surface area (Å²) >= 11 is 5.74. The van der Waals surface area contributed by atoms with E-state index in [2.05, 4.69) is 17.1 Å². The molecule has 0 aliphatic carbocycles. The third kappa shape index (κ3) is 5.68. The molecule has 0 aliphatic heterocycles. The first-order valence-corrected chi connectivity index (χ1v) is 9.32. The van der Waals surface area contributed by atoms with Crippen molar-refractivity contribution >= 4 is 17.5 Å². The number of hydrogen-bond donors (Lipinski definition) is 2. The summed E-state index contributed by atoms with van der Waals surface area (Å²) in [5, 5.41) is 12.4. The van der Waals surface area contributed by atoms with Crippen molar-refractivity contribution in [1.29, 1.82) is 0 Å². The van der Waals surface area contributed by atoms with E-state index in [9.17, 15) is 14.3 Å². The second-order valence-electron chi connectivity index (χ2n) is 6.99. The normalized spacial score (nSPS) is 13.4. The van der Waals surface area contributed by atoms with Gasteiger partial charge in [0.15, 0.2) is 0 Å². The molecule has 0 heterocycles. The minimum atomic E-state index is -0.540. The molecule has 0 bridgehead atoms. The lowest BCUT2D eigenvalue weighted by Gasteiger charge is -2.27. The molecule has 6 heteroatoms. The quantitative estimate of drug-likeness (QED) is 0.718. The molecule has 0 fully saturated rings. The number of amides is 1. The van der Waals surface area contributed by atoms with Gasteiger partial charge in [0.05, 0.1) is 5.02 Å². The molecule has 0 saturated heterocycles. The van der Waals surface area contributed by atoms with Gasteiger partial charge in [-0.15, -0.1) is 0 Å². The first-order valence-electron chi connectivity index (χ1n) is 8.94. The third-order valence-corrected chi connectivity index (χ3v) is 5.13. The Morgan fingerprint density at radius 3 is 2.59 bits per heavy atom. The van der Waals surface area contributed by atoms with Gasteiger partial charge in [0.25, 0.3) is 5.91 Å². The van der Waals surface area contributed by atoms with Gasteiger partial charge in [0, 0.05) is 24.2 Å². The monoisotopic (exact) mass is 392 g/mol. The Labute approximate surface area is 165 Å². The van der Waals surface area contributed by atoms with E-state index in [0.29, 0.717) is 5.56 Å². The van der Waals surface area contributed by atoms with Crippen LogP contribution in [-0.4, -0.2) is 35.5 Å². The van der Waals surface area contributed by atoms with E-state index in [4.69, 9.17) is 11.6 Å². The number of benzene rings is 2. The second kappa shape index (κ2) is 9.20. The van der Waals surface area contributed by atoms with Gasteiger partial charge in [-0.2, -0.15) is 0 Å². The topological polar surface area (TPSA) is 52.6 Å². The zero-order valence-electron chi connectivity index (χ0n) is 16.1. The third-order valence-electron chi connectivity index (χ3n) is 4.84. The molecule has 2 rings (SSSR count). The van der Waals surface area contributed by atoms with Gasteiger partial charge in [0.2, 0.25) is 0 Å². The molecule has 2 atom stereocenters. The number of aryl methyl sites for hydroxylation is 1. The number of hydrogen-bond acceptors (Lipinski definition) is 3. The molecule has 2 unspecified atom stereocenters. The fraction of sp³-hybridized carbons (Fsp3) is 0.381. The van der Waals surface area contributed by atoms with Gasteiger partial charge < -0.3 is 10.4 Å². The van der Waals surface area contributed by atoms with Crippen molar-refractivity contribution in [2.45, 2.75) is 39.3 Å². The Morgan fingerprint density at radius 2 is 1.96 bits per heavy atom. The van der Waals surface area contributed by atoms with Crippen LogP contribution < -0.4 is 5.32 Å². The van der Waals surface area contributed by atoms with Crippen LogP contribution in [0.5, 0.6) is 5.75 Å². The van der Waals surface area contributed by atoms with Crippen LogP contribution in [0.4, 0.5) is 4.39 Å². The van der Waals surface area contributed by atoms with Crippen LogP contribution >= 0.6 is 11.6 Å². The zero-order chi connectivity index (χ0) is 20.1. The minimum absolute atomic E-state index is 0.0445. The highest BCUT2D eigenvalue weighted by atomic mass is 35.5. The van der Waals surface area contributed by atoms with Gasteiger partial charge in [-0.25, -0.2) is 4.39 Å². The van der Waals surface area contributed by atoms with E-state index in [0.717, 1.165) is 24.1 Å². The summed E-state index contributed by atoms with van der Waals surface area (Å²) in [6.45, 7) is 6.82. The molecular weight excluding hydrogens is 367 g/mol. The van der Waals surface area contributed by atoms with Crippen LogP contribution in [0.2, 0.25) is 5.02 Å². The lowest BCUT2D eigenvalue weighted by molar-refractivity contribution is 0.0935. The Bertz CT molecular complexity index is 813. The van der Waals surface area contributed by atoms with Crippen molar-refractivity contribution in [3.63, 3.8) is 0 Å². The molecule has 146 valence electrons. The molecule has 0 aromatic heterocycles. The van der Waals surface area contributed by atoms with Crippen LogP contribution in [0.25, 0.3) is 0 Å². The first-order chi connectivity index (χ1) is 12.7. The SMILES string of the molecule is Cc1cc(O)ccc1C(C)N(C)CCC(C)NC(=O)c1ccc(F)c(Cl)c1. The van der Waals surface area contributed by atoms with Crippen LogP contribution in [0, 0.1) is 12.7 Å². The summed E-state index contributed by atoms with van der Waals surface area (Å²) in [4.78, 5) is 14.5. The number of nitrogens with one attached hydrogen (secondary N) is 1. The van der Waals surface area contributed by atoms with E-state index < -0.39 is 5.82 Å². The molecule has 1 amide bonds. The Hall–Kier alpha value is -2.11. The van der Waals surface area contributed by atoms with E-state index >= 15 is 0 Å². The number of carbonyl (C=O) groups excluding carboxylic acids is 1. The summed E-state index contributed by atoms with van der Waals surface area (Å²) in [7, 11) is 2.03. The Morgan fingerprint density at radius 1 is 1.26 bits per heavy atom. The average Bonchev–Trinajstić information content (AvgIpc) is 2.61. The molecule has 2 aromatic rings. The maximum absolute atomic E-state index is 13.2. The fourth-order valence-electron chi connectivity index (χ4n) is 2.97. The second-order valence-corrected chi connectivity index (χ2v) is 7.40. The smallest absolute Gasteiger partial charge is 0.251 e. The highest BCUT2D eigenvalue weighted by Gasteiger charge is 2.16. The number of phenolic OH excluding ortho intramolecular Hbond substituents is 1. The number of nitrogens with zero attached hydrogens (tertiary/aromatic N) is 1. The summed E-state index contributed by atoms with van der Waals surface area (Å²) < 4.78 is 13.2. The van der Waals surface area contributed by atoms with Crippen molar-refractivity contribution in [2.24, 2.45) is 0 Å². The van der Waals surface area contributed by atoms with Crippen molar-refractivity contribution in [3.8, 4) is 5.75 Å². The molecule has 4 nitrogen and oxygen atoms in total. The number of carbonyl (C=O) groups is 1. The van der Waals surface area contributed by atoms with Crippen LogP contribution in [0.3, 0.4) is 0 Å². The maximum atomic E-state index is 13.2. The van der Waals surface area contributed by atoms with E-state index in [-0.39, 0.29) is 28.8 Å². The highest BCUT2D eigenvalue weighted by molar-refractivity contribution is 6.31. The summed E-state index contributed by atoms with van der Waals surface area (Å²) in [6.07, 6.45) is 0.763. The van der Waals surface area contributed by atoms with Crippen LogP contribution in [0.15, 0.2) is 36.4 Å². The van der Waals surface area contributed by atoms with Gasteiger partial charge in [-0.05, 0) is 75.7 Å². The predicted molar refractivity (Wildman–Crippen MR) is 107 cm³/mol. The number of rotatable bonds is 7. The molecular formula is C21H26ClFN2O2. The van der Waals surface area contributed by atoms with Gasteiger partial charge in [-0.3, -0.25) is 9.69 Å². The van der Waals surface area contributed by atoms with Gasteiger partial charge >= 0.3 is 0 Å². The van der Waals surface area contributed by atoms with Gasteiger partial charge in [-0.1, -0.05) is 17.7 Å². The molecule has 0 spiro atoms. The summed E-state index contributed by atoms with van der Waals surface area (Å²) in [6, 6.07) is 9.49. The van der Waals surface area contributed by atoms with Crippen molar-refractivity contribution in [1.82, 2.24) is 10.2 Å². The average molecular weight is 393 g/mol. The minimum Gasteiger partial charge on any atom is -0.508 e. The van der Waals surface area contributed by atoms with Crippen LogP contribution in [0.1, 0.15) is 47.8 Å². The molecule has 0 saturated carbocycles. The lowest BCUT2D eigenvalue weighted by atomic mass is 10.0. The zero-order valence-corrected chi connectivity index (χ0v) is 16.8. The van der Waals surface area contributed by atoms with E-state index in [1.165, 1.54) is 18.2 Å². The van der Waals surface area contributed by atoms with Crippen molar-refractivity contribution in [3.05, 3.63) is 63.9 Å². The van der Waals surface area contributed by atoms with Crippen molar-refractivity contribution < 1.29 is 14.3 Å². The van der Waals surface area contributed by atoms with E-state index in [1.807, 2.05) is 27.0 Å². The molecule has 2 N–H and O–H groups in total. The van der Waals surface area contributed by atoms with Gasteiger partial charge in [0.1, 0.15) is 11.6 Å². The summed E-state index contributed by atoms with van der Waals surface area (Å²) in [5.41, 5.74) is 2.55. The Kier molecular flexibility index (Phi) is 7.22. The maximum Gasteiger partial charge on any atom is 0.251 e. The number of halogens is 2. The molecule has 0 aliphatic rings. The molecule has 2 aromatic carbocycles. The first kappa shape index (κ1) is 21.2. The Balaban J connectivity index is 1.89.